The SMILES string of the molecule is O=C(CSc1n[nH]c(=O)n1CCc1ccccc1)N1CCOCC1. The van der Waals surface area contributed by atoms with Crippen LogP contribution < -0.4 is 5.69 Å². The van der Waals surface area contributed by atoms with Gasteiger partial charge in [0.1, 0.15) is 0 Å². The molecule has 0 bridgehead atoms. The fourth-order valence-electron chi connectivity index (χ4n) is 2.53. The van der Waals surface area contributed by atoms with Gasteiger partial charge in [-0.1, -0.05) is 42.1 Å². The molecule has 1 fully saturated rings. The Morgan fingerprint density at radius 3 is 2.75 bits per heavy atom. The highest BCUT2D eigenvalue weighted by molar-refractivity contribution is 7.99. The summed E-state index contributed by atoms with van der Waals surface area (Å²) in [5.74, 6) is 0.323. The van der Waals surface area contributed by atoms with Crippen molar-refractivity contribution in [3.8, 4) is 0 Å². The molecule has 1 aromatic carbocycles. The molecule has 8 heteroatoms. The number of hydrogen-bond acceptors (Lipinski definition) is 5. The Kier molecular flexibility index (Phi) is 5.71. The maximum atomic E-state index is 12.2. The van der Waals surface area contributed by atoms with Crippen LogP contribution in [-0.2, 0) is 22.5 Å². The van der Waals surface area contributed by atoms with Crippen LogP contribution in [0.15, 0.2) is 40.3 Å². The van der Waals surface area contributed by atoms with Gasteiger partial charge in [-0.3, -0.25) is 9.36 Å². The summed E-state index contributed by atoms with van der Waals surface area (Å²) in [4.78, 5) is 25.9. The molecule has 0 atom stereocenters. The third-order valence-corrected chi connectivity index (χ3v) is 4.84. The monoisotopic (exact) mass is 348 g/mol. The van der Waals surface area contributed by atoms with E-state index in [2.05, 4.69) is 10.2 Å². The van der Waals surface area contributed by atoms with Crippen molar-refractivity contribution in [2.24, 2.45) is 0 Å². The summed E-state index contributed by atoms with van der Waals surface area (Å²) in [5, 5.41) is 7.06. The van der Waals surface area contributed by atoms with Gasteiger partial charge in [-0.05, 0) is 12.0 Å². The number of ether oxygens (including phenoxy) is 1. The second kappa shape index (κ2) is 8.16. The molecule has 1 aliphatic heterocycles. The summed E-state index contributed by atoms with van der Waals surface area (Å²) in [6.07, 6.45) is 0.741. The van der Waals surface area contributed by atoms with Crippen LogP contribution in [-0.4, -0.2) is 57.6 Å². The molecule has 128 valence electrons. The fraction of sp³-hybridized carbons (Fsp3) is 0.438. The number of hydrogen-bond donors (Lipinski definition) is 1. The van der Waals surface area contributed by atoms with Crippen LogP contribution in [0, 0.1) is 0 Å². The number of aromatic amines is 1. The first-order chi connectivity index (χ1) is 11.7. The van der Waals surface area contributed by atoms with Gasteiger partial charge in [0.15, 0.2) is 5.16 Å². The molecule has 1 saturated heterocycles. The molecule has 0 spiro atoms. The molecule has 2 heterocycles. The standard InChI is InChI=1S/C16H20N4O3S/c21-14(19-8-10-23-11-9-19)12-24-16-18-17-15(22)20(16)7-6-13-4-2-1-3-5-13/h1-5H,6-12H2,(H,17,22). The van der Waals surface area contributed by atoms with Crippen LogP contribution in [0.25, 0.3) is 0 Å². The molecule has 0 aliphatic carbocycles. The van der Waals surface area contributed by atoms with Crippen LogP contribution >= 0.6 is 11.8 Å². The summed E-state index contributed by atoms with van der Waals surface area (Å²) in [5.41, 5.74) is 0.915. The predicted molar refractivity (Wildman–Crippen MR) is 91.1 cm³/mol. The van der Waals surface area contributed by atoms with Crippen molar-refractivity contribution < 1.29 is 9.53 Å². The molecule has 1 amide bonds. The number of carbonyl (C=O) groups is 1. The Bertz CT molecular complexity index is 722. The second-order valence-electron chi connectivity index (χ2n) is 5.48. The lowest BCUT2D eigenvalue weighted by Gasteiger charge is -2.26. The molecule has 1 aliphatic rings. The molecule has 24 heavy (non-hydrogen) atoms. The highest BCUT2D eigenvalue weighted by Gasteiger charge is 2.18. The summed E-state index contributed by atoms with van der Waals surface area (Å²) in [6.45, 7) is 2.95. The van der Waals surface area contributed by atoms with E-state index in [1.165, 1.54) is 11.8 Å². The van der Waals surface area contributed by atoms with E-state index in [0.717, 1.165) is 12.0 Å². The van der Waals surface area contributed by atoms with E-state index in [1.807, 2.05) is 30.3 Å². The third-order valence-electron chi connectivity index (χ3n) is 3.88. The number of nitrogens with zero attached hydrogens (tertiary/aromatic N) is 3. The minimum absolute atomic E-state index is 0.0494. The molecule has 0 radical (unpaired) electrons. The van der Waals surface area contributed by atoms with Crippen LogP contribution in [0.4, 0.5) is 0 Å². The molecular formula is C16H20N4O3S. The maximum absolute atomic E-state index is 12.2. The van der Waals surface area contributed by atoms with Gasteiger partial charge in [-0.2, -0.15) is 0 Å². The Morgan fingerprint density at radius 1 is 1.25 bits per heavy atom. The van der Waals surface area contributed by atoms with E-state index < -0.39 is 0 Å². The van der Waals surface area contributed by atoms with Gasteiger partial charge < -0.3 is 9.64 Å². The first-order valence-electron chi connectivity index (χ1n) is 7.91. The molecule has 1 N–H and O–H groups in total. The average Bonchev–Trinajstić information content (AvgIpc) is 2.99. The van der Waals surface area contributed by atoms with E-state index in [1.54, 1.807) is 9.47 Å². The molecular weight excluding hydrogens is 328 g/mol. The summed E-state index contributed by atoms with van der Waals surface area (Å²) in [6, 6.07) is 9.97. The number of rotatable bonds is 6. The summed E-state index contributed by atoms with van der Waals surface area (Å²) < 4.78 is 6.83. The molecule has 7 nitrogen and oxygen atoms in total. The van der Waals surface area contributed by atoms with Crippen molar-refractivity contribution in [3.05, 3.63) is 46.4 Å². The van der Waals surface area contributed by atoms with Gasteiger partial charge in [-0.15, -0.1) is 5.10 Å². The van der Waals surface area contributed by atoms with E-state index in [0.29, 0.717) is 38.0 Å². The van der Waals surface area contributed by atoms with E-state index in [4.69, 9.17) is 4.74 Å². The second-order valence-corrected chi connectivity index (χ2v) is 6.42. The van der Waals surface area contributed by atoms with Gasteiger partial charge in [0.25, 0.3) is 0 Å². The number of aryl methyl sites for hydroxylation is 1. The van der Waals surface area contributed by atoms with Gasteiger partial charge >= 0.3 is 5.69 Å². The minimum atomic E-state index is -0.243. The predicted octanol–water partition coefficient (Wildman–Crippen LogP) is 0.765. The number of H-pyrrole nitrogens is 1. The third kappa shape index (κ3) is 4.27. The molecule has 1 aromatic heterocycles. The summed E-state index contributed by atoms with van der Waals surface area (Å²) in [7, 11) is 0. The van der Waals surface area contributed by atoms with Gasteiger partial charge in [0, 0.05) is 19.6 Å². The lowest BCUT2D eigenvalue weighted by atomic mass is 10.1. The highest BCUT2D eigenvalue weighted by Crippen LogP contribution is 2.15. The Balaban J connectivity index is 1.58. The number of benzene rings is 1. The molecule has 3 rings (SSSR count). The Morgan fingerprint density at radius 2 is 2.00 bits per heavy atom. The van der Waals surface area contributed by atoms with Crippen molar-refractivity contribution in [2.45, 2.75) is 18.1 Å². The van der Waals surface area contributed by atoms with Crippen molar-refractivity contribution in [2.75, 3.05) is 32.1 Å². The molecule has 0 saturated carbocycles. The number of morpholine rings is 1. The molecule has 0 unspecified atom stereocenters. The van der Waals surface area contributed by atoms with Crippen LogP contribution in [0.5, 0.6) is 0 Å². The fourth-order valence-corrected chi connectivity index (χ4v) is 3.40. The zero-order valence-electron chi connectivity index (χ0n) is 13.3. The molecule has 2 aromatic rings. The quantitative estimate of drug-likeness (QED) is 0.780. The number of thioether (sulfide) groups is 1. The first kappa shape index (κ1) is 16.8. The zero-order chi connectivity index (χ0) is 16.8. The first-order valence-corrected chi connectivity index (χ1v) is 8.90. The van der Waals surface area contributed by atoms with Crippen molar-refractivity contribution in [1.82, 2.24) is 19.7 Å². The lowest BCUT2D eigenvalue weighted by Crippen LogP contribution is -2.41. The smallest absolute Gasteiger partial charge is 0.343 e. The maximum Gasteiger partial charge on any atom is 0.343 e. The topological polar surface area (TPSA) is 80.2 Å². The van der Waals surface area contributed by atoms with Crippen molar-refractivity contribution in [1.29, 1.82) is 0 Å². The summed E-state index contributed by atoms with van der Waals surface area (Å²) >= 11 is 1.29. The van der Waals surface area contributed by atoms with E-state index >= 15 is 0 Å². The van der Waals surface area contributed by atoms with Gasteiger partial charge in [0.05, 0.1) is 19.0 Å². The van der Waals surface area contributed by atoms with Crippen LogP contribution in [0.2, 0.25) is 0 Å². The normalized spacial score (nSPS) is 14.8. The lowest BCUT2D eigenvalue weighted by molar-refractivity contribution is -0.132. The minimum Gasteiger partial charge on any atom is -0.378 e. The number of nitrogens with one attached hydrogen (secondary N) is 1. The number of carbonyl (C=O) groups excluding carboxylic acids is 1. The highest BCUT2D eigenvalue weighted by atomic mass is 32.2. The van der Waals surface area contributed by atoms with Gasteiger partial charge in [-0.25, -0.2) is 9.89 Å². The van der Waals surface area contributed by atoms with Crippen molar-refractivity contribution >= 4 is 17.7 Å². The van der Waals surface area contributed by atoms with Crippen LogP contribution in [0.3, 0.4) is 0 Å². The number of amides is 1. The largest absolute Gasteiger partial charge is 0.378 e. The zero-order valence-corrected chi connectivity index (χ0v) is 14.1. The van der Waals surface area contributed by atoms with Crippen LogP contribution in [0.1, 0.15) is 5.56 Å². The average molecular weight is 348 g/mol. The Labute approximate surface area is 144 Å². The van der Waals surface area contributed by atoms with Gasteiger partial charge in [0.2, 0.25) is 5.91 Å². The Hall–Kier alpha value is -2.06. The van der Waals surface area contributed by atoms with E-state index in [9.17, 15) is 9.59 Å². The van der Waals surface area contributed by atoms with E-state index in [-0.39, 0.29) is 17.3 Å². The number of aromatic nitrogens is 3. The van der Waals surface area contributed by atoms with Crippen molar-refractivity contribution in [3.63, 3.8) is 0 Å².